The number of nitrogens with zero attached hydrogens (tertiary/aromatic N) is 2. The van der Waals surface area contributed by atoms with Gasteiger partial charge < -0.3 is 15.2 Å². The molecule has 2 aromatic carbocycles. The molecular formula is C19H15F5N4O2S. The average molecular weight is 458 g/mol. The standard InChI is InChI=1S/C19H15F5N4O2S/c20-17(21)31-18-27-13-7-3-4-8-14(13)28(18)9-15(29)26-12-6-2-1-5-11(12)16(30)25-10-19(22,23)24/h1-8,17H,9-10H2,(H,25,30)(H,26,29). The number of carbonyl (C=O) groups is 2. The maximum atomic E-state index is 12.9. The molecule has 0 fully saturated rings. The van der Waals surface area contributed by atoms with Crippen LogP contribution < -0.4 is 10.6 Å². The summed E-state index contributed by atoms with van der Waals surface area (Å²) < 4.78 is 64.2. The molecule has 2 N–H and O–H groups in total. The number of amides is 2. The van der Waals surface area contributed by atoms with Crippen molar-refractivity contribution in [1.82, 2.24) is 14.9 Å². The quantitative estimate of drug-likeness (QED) is 0.409. The lowest BCUT2D eigenvalue weighted by Crippen LogP contribution is -2.34. The Bertz CT molecular complexity index is 1100. The Balaban J connectivity index is 1.80. The fourth-order valence-electron chi connectivity index (χ4n) is 2.78. The number of hydrogen-bond acceptors (Lipinski definition) is 4. The Kier molecular flexibility index (Phi) is 6.78. The van der Waals surface area contributed by atoms with Gasteiger partial charge in [0, 0.05) is 0 Å². The van der Waals surface area contributed by atoms with E-state index in [9.17, 15) is 31.5 Å². The monoisotopic (exact) mass is 458 g/mol. The van der Waals surface area contributed by atoms with Crippen LogP contribution in [0.2, 0.25) is 0 Å². The van der Waals surface area contributed by atoms with Crippen LogP contribution in [0.3, 0.4) is 0 Å². The zero-order valence-corrected chi connectivity index (χ0v) is 16.4. The maximum Gasteiger partial charge on any atom is 0.405 e. The van der Waals surface area contributed by atoms with Crippen LogP contribution in [0.1, 0.15) is 10.4 Å². The summed E-state index contributed by atoms with van der Waals surface area (Å²) in [5.41, 5.74) is 0.694. The summed E-state index contributed by atoms with van der Waals surface area (Å²) in [6.45, 7) is -1.92. The van der Waals surface area contributed by atoms with Crippen LogP contribution >= 0.6 is 11.8 Å². The first-order valence-electron chi connectivity index (χ1n) is 8.78. The SMILES string of the molecule is O=C(Cn1c(SC(F)F)nc2ccccc21)Nc1ccccc1C(=O)NCC(F)(F)F. The highest BCUT2D eigenvalue weighted by molar-refractivity contribution is 7.99. The number of benzene rings is 2. The van der Waals surface area contributed by atoms with Crippen molar-refractivity contribution in [3.63, 3.8) is 0 Å². The summed E-state index contributed by atoms with van der Waals surface area (Å²) in [5.74, 6) is -4.44. The number of hydrogen-bond donors (Lipinski definition) is 2. The van der Waals surface area contributed by atoms with E-state index in [0.29, 0.717) is 11.0 Å². The van der Waals surface area contributed by atoms with Gasteiger partial charge in [0.1, 0.15) is 13.1 Å². The lowest BCUT2D eigenvalue weighted by atomic mass is 10.1. The molecule has 0 aliphatic heterocycles. The van der Waals surface area contributed by atoms with Crippen LogP contribution in [-0.4, -0.2) is 39.8 Å². The highest BCUT2D eigenvalue weighted by Gasteiger charge is 2.28. The van der Waals surface area contributed by atoms with Crippen LogP contribution in [0.15, 0.2) is 53.7 Å². The predicted molar refractivity (Wildman–Crippen MR) is 105 cm³/mol. The van der Waals surface area contributed by atoms with E-state index >= 15 is 0 Å². The molecule has 0 saturated heterocycles. The van der Waals surface area contributed by atoms with E-state index < -0.39 is 36.8 Å². The molecule has 0 unspecified atom stereocenters. The molecule has 0 radical (unpaired) electrons. The molecule has 0 aliphatic rings. The summed E-state index contributed by atoms with van der Waals surface area (Å²) in [4.78, 5) is 28.8. The van der Waals surface area contributed by atoms with Gasteiger partial charge in [-0.15, -0.1) is 0 Å². The van der Waals surface area contributed by atoms with Crippen molar-refractivity contribution in [2.45, 2.75) is 23.6 Å². The van der Waals surface area contributed by atoms with Gasteiger partial charge in [-0.2, -0.15) is 22.0 Å². The van der Waals surface area contributed by atoms with Gasteiger partial charge in [0.15, 0.2) is 5.16 Å². The fraction of sp³-hybridized carbons (Fsp3) is 0.211. The molecule has 164 valence electrons. The molecule has 1 heterocycles. The number of fused-ring (bicyclic) bond motifs is 1. The van der Waals surface area contributed by atoms with Gasteiger partial charge in [-0.25, -0.2) is 4.98 Å². The number of carbonyl (C=O) groups excluding carboxylic acids is 2. The Morgan fingerprint density at radius 1 is 1.06 bits per heavy atom. The van der Waals surface area contributed by atoms with Crippen molar-refractivity contribution < 1.29 is 31.5 Å². The topological polar surface area (TPSA) is 76.0 Å². The van der Waals surface area contributed by atoms with E-state index in [1.807, 2.05) is 0 Å². The van der Waals surface area contributed by atoms with Crippen molar-refractivity contribution in [3.05, 3.63) is 54.1 Å². The second kappa shape index (κ2) is 9.33. The first-order chi connectivity index (χ1) is 14.6. The average Bonchev–Trinajstić information content (AvgIpc) is 3.02. The third kappa shape index (κ3) is 5.94. The minimum absolute atomic E-state index is 0.0142. The van der Waals surface area contributed by atoms with E-state index in [1.54, 1.807) is 29.6 Å². The van der Waals surface area contributed by atoms with Crippen molar-refractivity contribution in [3.8, 4) is 0 Å². The highest BCUT2D eigenvalue weighted by atomic mass is 32.2. The second-order valence-electron chi connectivity index (χ2n) is 6.24. The highest BCUT2D eigenvalue weighted by Crippen LogP contribution is 2.28. The minimum Gasteiger partial charge on any atom is -0.343 e. The number of para-hydroxylation sites is 3. The summed E-state index contributed by atoms with van der Waals surface area (Å²) >= 11 is 0.184. The van der Waals surface area contributed by atoms with Crippen LogP contribution in [0, 0.1) is 0 Å². The van der Waals surface area contributed by atoms with E-state index in [0.717, 1.165) is 0 Å². The molecule has 0 spiro atoms. The predicted octanol–water partition coefficient (Wildman–Crippen LogP) is 4.28. The van der Waals surface area contributed by atoms with Crippen molar-refractivity contribution in [2.75, 3.05) is 11.9 Å². The van der Waals surface area contributed by atoms with Crippen molar-refractivity contribution >= 4 is 40.3 Å². The van der Waals surface area contributed by atoms with Crippen molar-refractivity contribution in [1.29, 1.82) is 0 Å². The number of nitrogens with one attached hydrogen (secondary N) is 2. The van der Waals surface area contributed by atoms with Gasteiger partial charge in [-0.3, -0.25) is 9.59 Å². The lowest BCUT2D eigenvalue weighted by molar-refractivity contribution is -0.123. The first-order valence-corrected chi connectivity index (χ1v) is 9.66. The minimum atomic E-state index is -4.59. The molecule has 0 saturated carbocycles. The number of alkyl halides is 5. The molecule has 0 aliphatic carbocycles. The molecule has 3 rings (SSSR count). The third-order valence-corrected chi connectivity index (χ3v) is 4.71. The molecule has 31 heavy (non-hydrogen) atoms. The van der Waals surface area contributed by atoms with Crippen LogP contribution in [0.25, 0.3) is 11.0 Å². The zero-order chi connectivity index (χ0) is 22.6. The molecular weight excluding hydrogens is 443 g/mol. The molecule has 0 bridgehead atoms. The van der Waals surface area contributed by atoms with E-state index in [4.69, 9.17) is 0 Å². The van der Waals surface area contributed by atoms with Crippen LogP contribution in [0.4, 0.5) is 27.6 Å². The molecule has 6 nitrogen and oxygen atoms in total. The Labute approximate surface area is 176 Å². The molecule has 2 amide bonds. The Morgan fingerprint density at radius 2 is 1.74 bits per heavy atom. The van der Waals surface area contributed by atoms with Crippen LogP contribution in [-0.2, 0) is 11.3 Å². The normalized spacial score (nSPS) is 11.7. The van der Waals surface area contributed by atoms with E-state index in [2.05, 4.69) is 10.3 Å². The number of thioether (sulfide) groups is 1. The second-order valence-corrected chi connectivity index (χ2v) is 7.20. The van der Waals surface area contributed by atoms with E-state index in [1.165, 1.54) is 28.8 Å². The van der Waals surface area contributed by atoms with Crippen LogP contribution in [0.5, 0.6) is 0 Å². The summed E-state index contributed by atoms with van der Waals surface area (Å²) in [6.07, 6.45) is -4.59. The molecule has 0 atom stereocenters. The Morgan fingerprint density at radius 3 is 2.45 bits per heavy atom. The zero-order valence-electron chi connectivity index (χ0n) is 15.6. The van der Waals surface area contributed by atoms with Gasteiger partial charge in [0.2, 0.25) is 5.91 Å². The molecule has 1 aromatic heterocycles. The summed E-state index contributed by atoms with van der Waals surface area (Å²) in [7, 11) is 0. The fourth-order valence-corrected chi connectivity index (χ4v) is 3.38. The van der Waals surface area contributed by atoms with E-state index in [-0.39, 0.29) is 28.2 Å². The number of halogens is 5. The summed E-state index contributed by atoms with van der Waals surface area (Å²) in [5, 5.41) is 4.11. The lowest BCUT2D eigenvalue weighted by Gasteiger charge is -2.13. The number of imidazole rings is 1. The van der Waals surface area contributed by atoms with Gasteiger partial charge in [-0.1, -0.05) is 24.3 Å². The largest absolute Gasteiger partial charge is 0.405 e. The van der Waals surface area contributed by atoms with Gasteiger partial charge >= 0.3 is 6.18 Å². The van der Waals surface area contributed by atoms with Crippen molar-refractivity contribution in [2.24, 2.45) is 0 Å². The third-order valence-electron chi connectivity index (χ3n) is 4.01. The first kappa shape index (κ1) is 22.5. The molecule has 3 aromatic rings. The smallest absolute Gasteiger partial charge is 0.343 e. The molecule has 12 heteroatoms. The van der Waals surface area contributed by atoms with Gasteiger partial charge in [0.25, 0.3) is 11.7 Å². The Hall–Kier alpha value is -3.15. The number of anilines is 1. The number of rotatable bonds is 7. The van der Waals surface area contributed by atoms with Gasteiger partial charge in [-0.05, 0) is 36.0 Å². The number of aromatic nitrogens is 2. The maximum absolute atomic E-state index is 12.9. The van der Waals surface area contributed by atoms with Gasteiger partial charge in [0.05, 0.1) is 22.3 Å². The summed E-state index contributed by atoms with van der Waals surface area (Å²) in [6, 6.07) is 12.1.